The summed E-state index contributed by atoms with van der Waals surface area (Å²) in [6.07, 6.45) is 0.588. The van der Waals surface area contributed by atoms with Crippen molar-refractivity contribution >= 4 is 29.1 Å². The van der Waals surface area contributed by atoms with Crippen molar-refractivity contribution in [2.75, 3.05) is 20.8 Å². The summed E-state index contributed by atoms with van der Waals surface area (Å²) < 4.78 is 10.8. The molecule has 0 spiro atoms. The van der Waals surface area contributed by atoms with Crippen LogP contribution in [0.25, 0.3) is 11.3 Å². The lowest BCUT2D eigenvalue weighted by Gasteiger charge is -2.26. The first-order chi connectivity index (χ1) is 17.8. The molecule has 3 aromatic carbocycles. The fourth-order valence-corrected chi connectivity index (χ4v) is 5.06. The van der Waals surface area contributed by atoms with Crippen LogP contribution in [-0.4, -0.2) is 46.9 Å². The number of amides is 1. The minimum atomic E-state index is -0.437. The molecular formula is C28H25Cl2N3O4. The van der Waals surface area contributed by atoms with Crippen molar-refractivity contribution in [2.24, 2.45) is 0 Å². The molecule has 0 saturated carbocycles. The molecule has 0 fully saturated rings. The number of aromatic hydroxyl groups is 1. The van der Waals surface area contributed by atoms with Gasteiger partial charge in [0.15, 0.2) is 11.5 Å². The van der Waals surface area contributed by atoms with E-state index in [4.69, 9.17) is 32.7 Å². The first-order valence-corrected chi connectivity index (χ1v) is 12.4. The van der Waals surface area contributed by atoms with Gasteiger partial charge in [-0.15, -0.1) is 0 Å². The summed E-state index contributed by atoms with van der Waals surface area (Å²) in [7, 11) is 3.19. The Hall–Kier alpha value is -3.68. The summed E-state index contributed by atoms with van der Waals surface area (Å²) in [6.45, 7) is 2.25. The Morgan fingerprint density at radius 3 is 2.46 bits per heavy atom. The number of nitrogens with zero attached hydrogens (tertiary/aromatic N) is 2. The molecule has 0 radical (unpaired) electrons. The maximum absolute atomic E-state index is 13.6. The molecule has 4 aromatic rings. The topological polar surface area (TPSA) is 87.7 Å². The van der Waals surface area contributed by atoms with Gasteiger partial charge in [0.1, 0.15) is 17.1 Å². The first-order valence-electron chi connectivity index (χ1n) is 11.7. The summed E-state index contributed by atoms with van der Waals surface area (Å²) in [5.74, 6) is 1.14. The number of methoxy groups -OCH3 is 2. The number of hydrogen-bond donors (Lipinski definition) is 2. The van der Waals surface area contributed by atoms with Crippen LogP contribution in [-0.2, 0) is 6.42 Å². The highest BCUT2D eigenvalue weighted by atomic mass is 35.5. The lowest BCUT2D eigenvalue weighted by Crippen LogP contribution is -2.31. The summed E-state index contributed by atoms with van der Waals surface area (Å²) in [5, 5.41) is 19.2. The van der Waals surface area contributed by atoms with E-state index in [-0.39, 0.29) is 11.7 Å². The van der Waals surface area contributed by atoms with E-state index in [1.165, 1.54) is 0 Å². The van der Waals surface area contributed by atoms with Gasteiger partial charge in [0, 0.05) is 27.7 Å². The normalized spacial score (nSPS) is 14.7. The molecule has 5 rings (SSSR count). The molecule has 9 heteroatoms. The Balaban J connectivity index is 1.56. The van der Waals surface area contributed by atoms with Gasteiger partial charge in [0.2, 0.25) is 0 Å². The maximum atomic E-state index is 13.6. The van der Waals surface area contributed by atoms with Crippen LogP contribution in [0.1, 0.15) is 38.8 Å². The highest BCUT2D eigenvalue weighted by Gasteiger charge is 2.42. The lowest BCUT2D eigenvalue weighted by molar-refractivity contribution is 0.0746. The largest absolute Gasteiger partial charge is 0.507 e. The van der Waals surface area contributed by atoms with Crippen molar-refractivity contribution < 1.29 is 19.4 Å². The summed E-state index contributed by atoms with van der Waals surface area (Å²) in [6, 6.07) is 16.0. The SMILES string of the molecule is COc1ccc(CCN2C(=O)c3[nH]nc(-c4cc(Cl)c(C)cc4O)c3[C@H]2c2ccc(Cl)cc2)cc1OC. The number of rotatable bonds is 7. The molecule has 1 atom stereocenters. The van der Waals surface area contributed by atoms with Gasteiger partial charge in [0.25, 0.3) is 5.91 Å². The predicted octanol–water partition coefficient (Wildman–Crippen LogP) is 6.20. The van der Waals surface area contributed by atoms with E-state index in [1.54, 1.807) is 43.4 Å². The number of hydrogen-bond acceptors (Lipinski definition) is 5. The standard InChI is InChI=1S/C28H25Cl2N3O4/c1-15-12-21(34)19(14-20(15)30)25-24-26(32-31-25)28(35)33(27(24)17-5-7-18(29)8-6-17)11-10-16-4-9-22(36-2)23(13-16)37-3/h4-9,12-14,27,34H,10-11H2,1-3H3,(H,31,32)/t27-/m1/s1. The third-order valence-electron chi connectivity index (χ3n) is 6.67. The number of phenolic OH excluding ortho intramolecular Hbond substituents is 1. The van der Waals surface area contributed by atoms with E-state index in [2.05, 4.69) is 10.2 Å². The highest BCUT2D eigenvalue weighted by molar-refractivity contribution is 6.31. The van der Waals surface area contributed by atoms with Crippen LogP contribution in [0.15, 0.2) is 54.6 Å². The molecule has 1 aliphatic heterocycles. The summed E-state index contributed by atoms with van der Waals surface area (Å²) in [5.41, 5.74) is 4.64. The third kappa shape index (κ3) is 4.49. The van der Waals surface area contributed by atoms with E-state index in [0.717, 1.165) is 16.7 Å². The zero-order valence-corrected chi connectivity index (χ0v) is 22.0. The van der Waals surface area contributed by atoms with Crippen LogP contribution in [0.3, 0.4) is 0 Å². The quantitative estimate of drug-likeness (QED) is 0.293. The van der Waals surface area contributed by atoms with Crippen LogP contribution < -0.4 is 9.47 Å². The van der Waals surface area contributed by atoms with Crippen molar-refractivity contribution in [3.63, 3.8) is 0 Å². The third-order valence-corrected chi connectivity index (χ3v) is 7.33. The van der Waals surface area contributed by atoms with Gasteiger partial charge in [-0.2, -0.15) is 5.10 Å². The molecule has 2 heterocycles. The van der Waals surface area contributed by atoms with Gasteiger partial charge < -0.3 is 19.5 Å². The molecule has 7 nitrogen and oxygen atoms in total. The van der Waals surface area contributed by atoms with E-state index >= 15 is 0 Å². The predicted molar refractivity (Wildman–Crippen MR) is 143 cm³/mol. The van der Waals surface area contributed by atoms with Gasteiger partial charge in [-0.05, 0) is 66.4 Å². The monoisotopic (exact) mass is 537 g/mol. The lowest BCUT2D eigenvalue weighted by atomic mass is 9.95. The average Bonchev–Trinajstić information content (AvgIpc) is 3.44. The molecular weight excluding hydrogens is 513 g/mol. The van der Waals surface area contributed by atoms with E-state index in [9.17, 15) is 9.90 Å². The Bertz CT molecular complexity index is 1480. The molecule has 0 saturated heterocycles. The van der Waals surface area contributed by atoms with Crippen LogP contribution in [0.4, 0.5) is 0 Å². The second-order valence-electron chi connectivity index (χ2n) is 8.87. The summed E-state index contributed by atoms with van der Waals surface area (Å²) >= 11 is 12.6. The van der Waals surface area contributed by atoms with Crippen molar-refractivity contribution in [1.82, 2.24) is 15.1 Å². The number of nitrogens with one attached hydrogen (secondary N) is 1. The van der Waals surface area contributed by atoms with E-state index in [0.29, 0.717) is 57.0 Å². The fourth-order valence-electron chi connectivity index (χ4n) is 4.77. The number of aromatic nitrogens is 2. The molecule has 190 valence electrons. The van der Waals surface area contributed by atoms with Crippen molar-refractivity contribution in [2.45, 2.75) is 19.4 Å². The minimum Gasteiger partial charge on any atom is -0.507 e. The smallest absolute Gasteiger partial charge is 0.273 e. The number of phenols is 1. The second kappa shape index (κ2) is 10.00. The van der Waals surface area contributed by atoms with Gasteiger partial charge in [-0.25, -0.2) is 0 Å². The van der Waals surface area contributed by atoms with Gasteiger partial charge in [0.05, 0.1) is 20.3 Å². The van der Waals surface area contributed by atoms with Crippen LogP contribution in [0.2, 0.25) is 10.0 Å². The minimum absolute atomic E-state index is 0.0438. The zero-order chi connectivity index (χ0) is 26.3. The van der Waals surface area contributed by atoms with Gasteiger partial charge in [-0.1, -0.05) is 41.4 Å². The van der Waals surface area contributed by atoms with Crippen LogP contribution >= 0.6 is 23.2 Å². The average molecular weight is 538 g/mol. The number of carbonyl (C=O) groups excluding carboxylic acids is 1. The molecule has 1 aromatic heterocycles. The van der Waals surface area contributed by atoms with Crippen LogP contribution in [0.5, 0.6) is 17.2 Å². The zero-order valence-electron chi connectivity index (χ0n) is 20.5. The number of aryl methyl sites for hydroxylation is 1. The Labute approximate surface area is 224 Å². The first kappa shape index (κ1) is 25.0. The second-order valence-corrected chi connectivity index (χ2v) is 9.72. The van der Waals surface area contributed by atoms with Crippen molar-refractivity contribution in [3.8, 4) is 28.5 Å². The number of fused-ring (bicyclic) bond motifs is 1. The fraction of sp³-hybridized carbons (Fsp3) is 0.214. The van der Waals surface area contributed by atoms with E-state index < -0.39 is 6.04 Å². The molecule has 1 aliphatic rings. The molecule has 2 N–H and O–H groups in total. The van der Waals surface area contributed by atoms with Crippen molar-refractivity contribution in [1.29, 1.82) is 0 Å². The number of benzene rings is 3. The highest BCUT2D eigenvalue weighted by Crippen LogP contribution is 2.45. The number of ether oxygens (including phenoxy) is 2. The Kier molecular flexibility index (Phi) is 6.75. The van der Waals surface area contributed by atoms with Gasteiger partial charge >= 0.3 is 0 Å². The molecule has 0 bridgehead atoms. The van der Waals surface area contributed by atoms with Gasteiger partial charge in [-0.3, -0.25) is 9.89 Å². The molecule has 1 amide bonds. The molecule has 0 unspecified atom stereocenters. The van der Waals surface area contributed by atoms with Crippen LogP contribution in [0, 0.1) is 6.92 Å². The number of carbonyl (C=O) groups is 1. The summed E-state index contributed by atoms with van der Waals surface area (Å²) in [4.78, 5) is 15.4. The Morgan fingerprint density at radius 2 is 1.76 bits per heavy atom. The Morgan fingerprint density at radius 1 is 1.03 bits per heavy atom. The number of aromatic amines is 1. The molecule has 37 heavy (non-hydrogen) atoms. The van der Waals surface area contributed by atoms with Crippen molar-refractivity contribution in [3.05, 3.63) is 92.6 Å². The molecule has 0 aliphatic carbocycles. The number of halogens is 2. The number of H-pyrrole nitrogens is 1. The van der Waals surface area contributed by atoms with E-state index in [1.807, 2.05) is 37.3 Å². The maximum Gasteiger partial charge on any atom is 0.273 e.